The number of nitrogens with zero attached hydrogens (tertiary/aromatic N) is 4. The number of aromatic nitrogens is 4. The van der Waals surface area contributed by atoms with Gasteiger partial charge in [0.15, 0.2) is 0 Å². The van der Waals surface area contributed by atoms with Crippen LogP contribution in [0, 0.1) is 18.7 Å². The van der Waals surface area contributed by atoms with Crippen molar-refractivity contribution in [2.24, 2.45) is 5.92 Å². The van der Waals surface area contributed by atoms with Crippen LogP contribution in [0.5, 0.6) is 0 Å². The number of hydrogen-bond donors (Lipinski definition) is 1. The Bertz CT molecular complexity index is 889. The first-order valence-electron chi connectivity index (χ1n) is 10.1. The predicted octanol–water partition coefficient (Wildman–Crippen LogP) is 3.22. The number of rotatable bonds is 8. The number of amides is 1. The lowest BCUT2D eigenvalue weighted by molar-refractivity contribution is -0.117. The van der Waals surface area contributed by atoms with Gasteiger partial charge in [0.25, 0.3) is 5.56 Å². The SMILES string of the molecule is Cc1cn(CC(F)CCn2ccc(NC(=O)CC3CCCCC3)c(F)c2=O)nn1. The summed E-state index contributed by atoms with van der Waals surface area (Å²) in [5, 5.41) is 10.1. The van der Waals surface area contributed by atoms with Gasteiger partial charge in [0.2, 0.25) is 11.7 Å². The molecule has 2 aromatic rings. The summed E-state index contributed by atoms with van der Waals surface area (Å²) in [6.07, 6.45) is 7.59. The molecule has 1 amide bonds. The first kappa shape index (κ1) is 21.1. The van der Waals surface area contributed by atoms with Gasteiger partial charge >= 0.3 is 0 Å². The molecule has 2 heterocycles. The number of anilines is 1. The summed E-state index contributed by atoms with van der Waals surface area (Å²) < 4.78 is 31.1. The van der Waals surface area contributed by atoms with E-state index in [4.69, 9.17) is 0 Å². The molecule has 0 aromatic carbocycles. The molecule has 29 heavy (non-hydrogen) atoms. The van der Waals surface area contributed by atoms with Crippen molar-refractivity contribution in [2.75, 3.05) is 5.32 Å². The molecule has 0 spiro atoms. The number of carbonyl (C=O) groups excluding carboxylic acids is 1. The van der Waals surface area contributed by atoms with Crippen LogP contribution in [0.4, 0.5) is 14.5 Å². The van der Waals surface area contributed by atoms with Crippen LogP contribution in [0.1, 0.15) is 50.6 Å². The maximum absolute atomic E-state index is 14.4. The Morgan fingerprint density at radius 2 is 2.10 bits per heavy atom. The van der Waals surface area contributed by atoms with Gasteiger partial charge in [-0.25, -0.2) is 9.07 Å². The van der Waals surface area contributed by atoms with Crippen LogP contribution >= 0.6 is 0 Å². The molecule has 1 saturated carbocycles. The average molecular weight is 407 g/mol. The second-order valence-electron chi connectivity index (χ2n) is 7.77. The monoisotopic (exact) mass is 407 g/mol. The fraction of sp³-hybridized carbons (Fsp3) is 0.600. The van der Waals surface area contributed by atoms with E-state index in [-0.39, 0.29) is 31.1 Å². The van der Waals surface area contributed by atoms with Crippen LogP contribution in [0.15, 0.2) is 23.3 Å². The first-order valence-corrected chi connectivity index (χ1v) is 10.1. The van der Waals surface area contributed by atoms with Crippen LogP contribution in [0.25, 0.3) is 0 Å². The molecule has 1 fully saturated rings. The third-order valence-corrected chi connectivity index (χ3v) is 5.30. The van der Waals surface area contributed by atoms with Crippen LogP contribution < -0.4 is 10.9 Å². The Morgan fingerprint density at radius 3 is 2.79 bits per heavy atom. The number of hydrogen-bond acceptors (Lipinski definition) is 4. The summed E-state index contributed by atoms with van der Waals surface area (Å²) in [5.41, 5.74) is -0.303. The van der Waals surface area contributed by atoms with Crippen molar-refractivity contribution < 1.29 is 13.6 Å². The Hall–Kier alpha value is -2.58. The molecule has 3 rings (SSSR count). The van der Waals surface area contributed by atoms with Gasteiger partial charge in [0, 0.05) is 25.4 Å². The number of nitrogens with one attached hydrogen (secondary N) is 1. The standard InChI is InChI=1S/C20H27F2N5O2/c1-14-12-27(25-24-14)13-16(21)7-9-26-10-8-17(19(22)20(26)29)23-18(28)11-15-5-3-2-4-6-15/h8,10,12,15-16H,2-7,9,11,13H2,1H3,(H,23,28). The molecule has 1 unspecified atom stereocenters. The van der Waals surface area contributed by atoms with E-state index < -0.39 is 17.5 Å². The largest absolute Gasteiger partial charge is 0.323 e. The lowest BCUT2D eigenvalue weighted by Crippen LogP contribution is -2.27. The predicted molar refractivity (Wildman–Crippen MR) is 105 cm³/mol. The van der Waals surface area contributed by atoms with Crippen molar-refractivity contribution >= 4 is 11.6 Å². The maximum Gasteiger partial charge on any atom is 0.288 e. The third-order valence-electron chi connectivity index (χ3n) is 5.30. The van der Waals surface area contributed by atoms with E-state index in [1.54, 1.807) is 13.1 Å². The van der Waals surface area contributed by atoms with Gasteiger partial charge in [-0.15, -0.1) is 5.10 Å². The van der Waals surface area contributed by atoms with E-state index >= 15 is 0 Å². The zero-order valence-corrected chi connectivity index (χ0v) is 16.6. The minimum atomic E-state index is -1.25. The maximum atomic E-state index is 14.4. The number of halogens is 2. The zero-order chi connectivity index (χ0) is 20.8. The van der Waals surface area contributed by atoms with E-state index in [0.717, 1.165) is 30.3 Å². The van der Waals surface area contributed by atoms with E-state index in [2.05, 4.69) is 15.6 Å². The molecule has 0 aliphatic heterocycles. The molecule has 2 aromatic heterocycles. The molecule has 1 N–H and O–H groups in total. The molecule has 1 aliphatic rings. The summed E-state index contributed by atoms with van der Waals surface area (Å²) in [5.74, 6) is -0.978. The Labute approximate surface area is 168 Å². The fourth-order valence-corrected chi connectivity index (χ4v) is 3.73. The van der Waals surface area contributed by atoms with Gasteiger partial charge in [-0.2, -0.15) is 4.39 Å². The number of aryl methyl sites for hydroxylation is 2. The van der Waals surface area contributed by atoms with Gasteiger partial charge in [0.1, 0.15) is 6.17 Å². The highest BCUT2D eigenvalue weighted by atomic mass is 19.1. The fourth-order valence-electron chi connectivity index (χ4n) is 3.73. The summed E-state index contributed by atoms with van der Waals surface area (Å²) >= 11 is 0. The lowest BCUT2D eigenvalue weighted by Gasteiger charge is -2.20. The van der Waals surface area contributed by atoms with Gasteiger partial charge < -0.3 is 9.88 Å². The highest BCUT2D eigenvalue weighted by molar-refractivity contribution is 5.90. The summed E-state index contributed by atoms with van der Waals surface area (Å²) in [6, 6.07) is 1.35. The van der Waals surface area contributed by atoms with E-state index in [1.165, 1.54) is 23.4 Å². The smallest absolute Gasteiger partial charge is 0.288 e. The Balaban J connectivity index is 1.54. The number of pyridine rings is 1. The molecule has 1 atom stereocenters. The zero-order valence-electron chi connectivity index (χ0n) is 16.6. The normalized spacial score (nSPS) is 16.0. The van der Waals surface area contributed by atoms with E-state index in [9.17, 15) is 18.4 Å². The second-order valence-corrected chi connectivity index (χ2v) is 7.77. The summed E-state index contributed by atoms with van der Waals surface area (Å²) in [6.45, 7) is 1.81. The minimum Gasteiger partial charge on any atom is -0.323 e. The van der Waals surface area contributed by atoms with Crippen LogP contribution in [-0.4, -0.2) is 31.6 Å². The molecular formula is C20H27F2N5O2. The summed E-state index contributed by atoms with van der Waals surface area (Å²) in [7, 11) is 0. The Kier molecular flexibility index (Phi) is 7.11. The van der Waals surface area contributed by atoms with E-state index in [0.29, 0.717) is 18.0 Å². The van der Waals surface area contributed by atoms with Crippen molar-refractivity contribution in [3.63, 3.8) is 0 Å². The van der Waals surface area contributed by atoms with Crippen molar-refractivity contribution in [3.05, 3.63) is 40.3 Å². The Morgan fingerprint density at radius 1 is 1.34 bits per heavy atom. The van der Waals surface area contributed by atoms with Gasteiger partial charge in [0.05, 0.1) is 17.9 Å². The molecule has 0 bridgehead atoms. The van der Waals surface area contributed by atoms with Crippen LogP contribution in [-0.2, 0) is 17.9 Å². The number of alkyl halides is 1. The van der Waals surface area contributed by atoms with E-state index in [1.807, 2.05) is 0 Å². The van der Waals surface area contributed by atoms with Crippen molar-refractivity contribution in [2.45, 2.75) is 71.1 Å². The minimum absolute atomic E-state index is 0.0212. The molecule has 9 heteroatoms. The molecule has 0 saturated heterocycles. The summed E-state index contributed by atoms with van der Waals surface area (Å²) in [4.78, 5) is 24.4. The van der Waals surface area contributed by atoms with Crippen molar-refractivity contribution in [1.82, 2.24) is 19.6 Å². The first-order chi connectivity index (χ1) is 13.9. The highest BCUT2D eigenvalue weighted by Crippen LogP contribution is 2.26. The lowest BCUT2D eigenvalue weighted by atomic mass is 9.87. The average Bonchev–Trinajstić information content (AvgIpc) is 3.10. The van der Waals surface area contributed by atoms with Gasteiger partial charge in [-0.1, -0.05) is 24.5 Å². The quantitative estimate of drug-likeness (QED) is 0.728. The number of carbonyl (C=O) groups is 1. The van der Waals surface area contributed by atoms with Gasteiger partial charge in [-0.3, -0.25) is 9.59 Å². The molecular weight excluding hydrogens is 380 g/mol. The topological polar surface area (TPSA) is 81.8 Å². The van der Waals surface area contributed by atoms with Gasteiger partial charge in [-0.05, 0) is 38.2 Å². The molecule has 1 aliphatic carbocycles. The van der Waals surface area contributed by atoms with Crippen LogP contribution in [0.3, 0.4) is 0 Å². The second kappa shape index (κ2) is 9.76. The molecule has 7 nitrogen and oxygen atoms in total. The third kappa shape index (κ3) is 5.95. The molecule has 158 valence electrons. The van der Waals surface area contributed by atoms with Crippen molar-refractivity contribution in [1.29, 1.82) is 0 Å². The molecule has 0 radical (unpaired) electrons. The highest BCUT2D eigenvalue weighted by Gasteiger charge is 2.19. The van der Waals surface area contributed by atoms with Crippen molar-refractivity contribution in [3.8, 4) is 0 Å². The van der Waals surface area contributed by atoms with Crippen LogP contribution in [0.2, 0.25) is 0 Å².